The average Bonchev–Trinajstić information content (AvgIpc) is 3.55. The number of ether oxygens (including phenoxy) is 1. The van der Waals surface area contributed by atoms with E-state index >= 15 is 8.78 Å². The van der Waals surface area contributed by atoms with Crippen LogP contribution in [0.1, 0.15) is 76.0 Å². The summed E-state index contributed by atoms with van der Waals surface area (Å²) in [6, 6.07) is 27.3. The molecule has 4 heterocycles. The van der Waals surface area contributed by atoms with E-state index in [1.807, 2.05) is 95.5 Å². The minimum absolute atomic E-state index is 0.0880. The number of rotatable bonds is 9. The van der Waals surface area contributed by atoms with E-state index in [-0.39, 0.29) is 12.3 Å². The molecule has 1 fully saturated rings. The number of benzene rings is 3. The highest BCUT2D eigenvalue weighted by atomic mass is 79.9. The Hall–Kier alpha value is -3.28. The maximum absolute atomic E-state index is 16.7. The number of fused-ring (bicyclic) bond motifs is 3. The number of halogens is 3. The fraction of sp³-hybridized carbons (Fsp3) is 0.400. The normalized spacial score (nSPS) is 20.6. The van der Waals surface area contributed by atoms with Gasteiger partial charge in [-0.05, 0) is 93.3 Å². The predicted octanol–water partition coefficient (Wildman–Crippen LogP) is 8.44. The molecule has 3 aromatic carbocycles. The minimum atomic E-state index is -3.17. The molecule has 0 radical (unpaired) electrons. The summed E-state index contributed by atoms with van der Waals surface area (Å²) in [4.78, 5) is 6.70. The second kappa shape index (κ2) is 14.0. The molecular formula is C40H45BrF2N4O2Si. The van der Waals surface area contributed by atoms with E-state index in [2.05, 4.69) is 48.8 Å². The first kappa shape index (κ1) is 35.1. The van der Waals surface area contributed by atoms with Crippen LogP contribution in [0.2, 0.25) is 5.04 Å². The summed E-state index contributed by atoms with van der Waals surface area (Å²) in [6.45, 7) is 7.94. The Bertz CT molecular complexity index is 1870. The Balaban J connectivity index is 1.24. The molecule has 2 aromatic heterocycles. The van der Waals surface area contributed by atoms with Gasteiger partial charge >= 0.3 is 0 Å². The van der Waals surface area contributed by atoms with E-state index in [1.165, 1.54) is 0 Å². The van der Waals surface area contributed by atoms with Gasteiger partial charge in [-0.1, -0.05) is 87.5 Å². The van der Waals surface area contributed by atoms with Gasteiger partial charge in [0, 0.05) is 28.7 Å². The summed E-state index contributed by atoms with van der Waals surface area (Å²) >= 11 is 3.51. The van der Waals surface area contributed by atoms with Gasteiger partial charge in [-0.25, -0.2) is 13.5 Å². The van der Waals surface area contributed by atoms with Crippen LogP contribution in [0.25, 0.3) is 10.9 Å². The summed E-state index contributed by atoms with van der Waals surface area (Å²) < 4.78 is 49.1. The van der Waals surface area contributed by atoms with Gasteiger partial charge < -0.3 is 9.16 Å². The molecule has 0 amide bonds. The van der Waals surface area contributed by atoms with Crippen LogP contribution in [0.4, 0.5) is 8.78 Å². The van der Waals surface area contributed by atoms with Crippen molar-refractivity contribution in [2.45, 2.75) is 82.7 Å². The maximum atomic E-state index is 16.7. The molecule has 2 aliphatic heterocycles. The zero-order valence-corrected chi connectivity index (χ0v) is 31.7. The first-order valence-electron chi connectivity index (χ1n) is 17.6. The molecule has 3 atom stereocenters. The predicted molar refractivity (Wildman–Crippen MR) is 201 cm³/mol. The Labute approximate surface area is 303 Å². The van der Waals surface area contributed by atoms with Crippen molar-refractivity contribution in [2.24, 2.45) is 0 Å². The van der Waals surface area contributed by atoms with Gasteiger partial charge in [0.15, 0.2) is 6.23 Å². The van der Waals surface area contributed by atoms with E-state index in [0.29, 0.717) is 6.42 Å². The highest BCUT2D eigenvalue weighted by Gasteiger charge is 2.52. The lowest BCUT2D eigenvalue weighted by Crippen LogP contribution is -2.67. The number of hydrogen-bond acceptors (Lipinski definition) is 5. The first-order chi connectivity index (χ1) is 24.0. The summed E-state index contributed by atoms with van der Waals surface area (Å²) in [5.41, 5.74) is 3.86. The highest BCUT2D eigenvalue weighted by Crippen LogP contribution is 2.43. The van der Waals surface area contributed by atoms with E-state index in [4.69, 9.17) is 19.2 Å². The topological polar surface area (TPSA) is 52.4 Å². The molecule has 0 spiro atoms. The smallest absolute Gasteiger partial charge is 0.282 e. The van der Waals surface area contributed by atoms with Crippen LogP contribution in [0.3, 0.4) is 0 Å². The molecule has 10 heteroatoms. The molecular weight excluding hydrogens is 714 g/mol. The largest absolute Gasteiger partial charge is 0.401 e. The van der Waals surface area contributed by atoms with Gasteiger partial charge in [0.05, 0.1) is 36.6 Å². The SMILES string of the molecule is C[C@@H]1Cc2c(ccc3c2cnn3C2CCCCO2)[C@@H](c2ccc(Br)cn2)N1CC(F)(F)CO[Si](c1ccccc1)(c1ccccc1)C(C)(C)C. The third kappa shape index (κ3) is 6.61. The first-order valence-corrected chi connectivity index (χ1v) is 20.3. The third-order valence-corrected chi connectivity index (χ3v) is 15.9. The van der Waals surface area contributed by atoms with Crippen molar-refractivity contribution >= 4 is 45.5 Å². The quantitative estimate of drug-likeness (QED) is 0.141. The van der Waals surface area contributed by atoms with Crippen molar-refractivity contribution < 1.29 is 17.9 Å². The molecule has 262 valence electrons. The molecule has 0 aliphatic carbocycles. The maximum Gasteiger partial charge on any atom is 0.282 e. The molecule has 7 rings (SSSR count). The van der Waals surface area contributed by atoms with Crippen LogP contribution in [0.15, 0.2) is 102 Å². The number of pyridine rings is 1. The Morgan fingerprint density at radius 2 is 1.62 bits per heavy atom. The zero-order chi connectivity index (χ0) is 35.1. The fourth-order valence-electron chi connectivity index (χ4n) is 8.08. The van der Waals surface area contributed by atoms with E-state index in [1.54, 1.807) is 6.20 Å². The summed E-state index contributed by atoms with van der Waals surface area (Å²) in [7, 11) is -3.17. The Kier molecular flexibility index (Phi) is 9.86. The molecule has 6 nitrogen and oxygen atoms in total. The lowest BCUT2D eigenvalue weighted by molar-refractivity contribution is -0.0821. The van der Waals surface area contributed by atoms with Gasteiger partial charge in [0.25, 0.3) is 14.2 Å². The standard InChI is InChI=1S/C40H45BrF2N4O2Si/c1-28-23-33-32(19-21-36-34(33)25-45-47(36)37-17-11-12-22-48-37)38(35-20-18-29(41)24-44-35)46(28)26-40(42,43)27-49-50(39(2,3)4,30-13-7-5-8-14-30)31-15-9-6-10-16-31/h5-10,13-16,18-21,24-25,28,37-38H,11-12,17,22-23,26-27H2,1-4H3/t28-,37?,38+/m1/s1. The molecule has 5 aromatic rings. The van der Waals surface area contributed by atoms with Crippen molar-refractivity contribution in [3.8, 4) is 0 Å². The third-order valence-electron chi connectivity index (χ3n) is 10.4. The van der Waals surface area contributed by atoms with E-state index < -0.39 is 38.5 Å². The van der Waals surface area contributed by atoms with Gasteiger partial charge in [0.2, 0.25) is 0 Å². The van der Waals surface area contributed by atoms with Crippen LogP contribution in [-0.4, -0.2) is 59.7 Å². The lowest BCUT2D eigenvalue weighted by atomic mass is 9.84. The van der Waals surface area contributed by atoms with Crippen molar-refractivity contribution in [1.29, 1.82) is 0 Å². The van der Waals surface area contributed by atoms with Gasteiger partial charge in [-0.3, -0.25) is 9.88 Å². The number of alkyl halides is 2. The van der Waals surface area contributed by atoms with Crippen molar-refractivity contribution in [2.75, 3.05) is 19.8 Å². The van der Waals surface area contributed by atoms with Crippen LogP contribution in [0, 0.1) is 0 Å². The van der Waals surface area contributed by atoms with Gasteiger partial charge in [0.1, 0.15) is 0 Å². The van der Waals surface area contributed by atoms with Crippen LogP contribution < -0.4 is 10.4 Å². The average molecular weight is 760 g/mol. The molecule has 0 saturated carbocycles. The monoisotopic (exact) mass is 758 g/mol. The molecule has 0 bridgehead atoms. The Morgan fingerprint density at radius 3 is 2.22 bits per heavy atom. The van der Waals surface area contributed by atoms with E-state index in [9.17, 15) is 0 Å². The van der Waals surface area contributed by atoms with Crippen molar-refractivity contribution in [3.63, 3.8) is 0 Å². The van der Waals surface area contributed by atoms with Crippen LogP contribution in [0.5, 0.6) is 0 Å². The number of hydrogen-bond donors (Lipinski definition) is 0. The molecule has 1 saturated heterocycles. The van der Waals surface area contributed by atoms with Crippen LogP contribution >= 0.6 is 15.9 Å². The summed E-state index contributed by atoms with van der Waals surface area (Å²) in [5.74, 6) is -3.15. The summed E-state index contributed by atoms with van der Waals surface area (Å²) in [6.07, 6.45) is 7.29. The Morgan fingerprint density at radius 1 is 0.920 bits per heavy atom. The second-order valence-electron chi connectivity index (χ2n) is 14.8. The molecule has 2 aliphatic rings. The number of nitrogens with zero attached hydrogens (tertiary/aromatic N) is 4. The lowest BCUT2D eigenvalue weighted by Gasteiger charge is -2.45. The zero-order valence-electron chi connectivity index (χ0n) is 29.2. The van der Waals surface area contributed by atoms with Crippen molar-refractivity contribution in [3.05, 3.63) is 119 Å². The summed E-state index contributed by atoms with van der Waals surface area (Å²) in [5, 5.41) is 7.38. The molecule has 1 unspecified atom stereocenters. The van der Waals surface area contributed by atoms with Crippen molar-refractivity contribution in [1.82, 2.24) is 19.7 Å². The van der Waals surface area contributed by atoms with Crippen LogP contribution in [-0.2, 0) is 15.6 Å². The minimum Gasteiger partial charge on any atom is -0.401 e. The van der Waals surface area contributed by atoms with E-state index in [0.717, 1.165) is 68.4 Å². The molecule has 50 heavy (non-hydrogen) atoms. The fourth-order valence-corrected chi connectivity index (χ4v) is 12.9. The number of aromatic nitrogens is 3. The molecule has 0 N–H and O–H groups in total. The second-order valence-corrected chi connectivity index (χ2v) is 20.0. The van der Waals surface area contributed by atoms with Gasteiger partial charge in [-0.2, -0.15) is 5.10 Å². The highest BCUT2D eigenvalue weighted by molar-refractivity contribution is 9.10. The van der Waals surface area contributed by atoms with Gasteiger partial charge in [-0.15, -0.1) is 0 Å².